The third-order valence-electron chi connectivity index (χ3n) is 1.89. The number of H-pyrrole nitrogens is 1. The van der Waals surface area contributed by atoms with E-state index in [1.165, 1.54) is 0 Å². The minimum Gasteiger partial charge on any atom is -0.414 e. The third kappa shape index (κ3) is 2.38. The van der Waals surface area contributed by atoms with Gasteiger partial charge in [-0.25, -0.2) is 5.10 Å². The smallest absolute Gasteiger partial charge is 0.284 e. The van der Waals surface area contributed by atoms with Gasteiger partial charge in [-0.05, 0) is 12.2 Å². The Labute approximate surface area is 90.9 Å². The normalized spacial score (nSPS) is 10.1. The van der Waals surface area contributed by atoms with Gasteiger partial charge in [-0.2, -0.15) is 0 Å². The van der Waals surface area contributed by atoms with Crippen LogP contribution in [0, 0.1) is 4.84 Å². The fraction of sp³-hybridized carbons (Fsp3) is 0.100. The molecule has 0 spiro atoms. The largest absolute Gasteiger partial charge is 0.414 e. The molecule has 0 radical (unpaired) electrons. The number of nitrogens with zero attached hydrogens (tertiary/aromatic N) is 1. The van der Waals surface area contributed by atoms with E-state index in [0.717, 1.165) is 0 Å². The number of aromatic nitrogens is 2. The SMILES string of the molecule is O=C(Cc1n[nH]c(=S)o1)c1ccccc1. The quantitative estimate of drug-likeness (QED) is 0.636. The van der Waals surface area contributed by atoms with E-state index in [4.69, 9.17) is 16.6 Å². The first-order chi connectivity index (χ1) is 7.25. The number of benzene rings is 1. The highest BCUT2D eigenvalue weighted by atomic mass is 32.1. The topological polar surface area (TPSA) is 58.9 Å². The Bertz CT molecular complexity index is 515. The lowest BCUT2D eigenvalue weighted by atomic mass is 10.1. The van der Waals surface area contributed by atoms with E-state index in [1.54, 1.807) is 12.1 Å². The Balaban J connectivity index is 2.14. The van der Waals surface area contributed by atoms with E-state index in [9.17, 15) is 4.79 Å². The number of rotatable bonds is 3. The van der Waals surface area contributed by atoms with E-state index in [-0.39, 0.29) is 17.0 Å². The minimum atomic E-state index is -0.0409. The van der Waals surface area contributed by atoms with Gasteiger partial charge in [-0.15, -0.1) is 5.10 Å². The number of Topliss-reactive ketones (excluding diaryl/α,β-unsaturated/α-hetero) is 1. The summed E-state index contributed by atoms with van der Waals surface area (Å²) in [5, 5.41) is 6.24. The van der Waals surface area contributed by atoms with Crippen molar-refractivity contribution in [2.24, 2.45) is 0 Å². The van der Waals surface area contributed by atoms with Crippen LogP contribution in [0.4, 0.5) is 0 Å². The maximum atomic E-state index is 11.7. The molecule has 0 unspecified atom stereocenters. The molecule has 15 heavy (non-hydrogen) atoms. The Kier molecular flexibility index (Phi) is 2.73. The molecule has 2 rings (SSSR count). The highest BCUT2D eigenvalue weighted by molar-refractivity contribution is 7.71. The molecule has 1 heterocycles. The second-order valence-corrected chi connectivity index (χ2v) is 3.34. The van der Waals surface area contributed by atoms with Crippen molar-refractivity contribution in [3.63, 3.8) is 0 Å². The molecule has 1 N–H and O–H groups in total. The van der Waals surface area contributed by atoms with Crippen LogP contribution in [-0.2, 0) is 6.42 Å². The second kappa shape index (κ2) is 4.18. The average Bonchev–Trinajstić information content (AvgIpc) is 2.65. The van der Waals surface area contributed by atoms with Crippen LogP contribution in [0.2, 0.25) is 0 Å². The van der Waals surface area contributed by atoms with Gasteiger partial charge < -0.3 is 4.42 Å². The lowest BCUT2D eigenvalue weighted by molar-refractivity contribution is 0.0985. The van der Waals surface area contributed by atoms with Crippen molar-refractivity contribution in [1.82, 2.24) is 10.2 Å². The summed E-state index contributed by atoms with van der Waals surface area (Å²) in [5.41, 5.74) is 0.640. The molecule has 0 saturated carbocycles. The molecule has 0 bridgehead atoms. The molecule has 2 aromatic rings. The van der Waals surface area contributed by atoms with E-state index >= 15 is 0 Å². The van der Waals surface area contributed by atoms with Crippen LogP contribution in [0.5, 0.6) is 0 Å². The Morgan fingerprint density at radius 1 is 1.40 bits per heavy atom. The van der Waals surface area contributed by atoms with Crippen LogP contribution >= 0.6 is 12.2 Å². The summed E-state index contributed by atoms with van der Waals surface area (Å²) in [6.45, 7) is 0. The summed E-state index contributed by atoms with van der Waals surface area (Å²) >= 11 is 4.71. The molecule has 4 nitrogen and oxygen atoms in total. The number of aromatic amines is 1. The van der Waals surface area contributed by atoms with Gasteiger partial charge in [-0.1, -0.05) is 30.3 Å². The lowest BCUT2D eigenvalue weighted by Crippen LogP contribution is -2.03. The first-order valence-electron chi connectivity index (χ1n) is 4.38. The van der Waals surface area contributed by atoms with E-state index in [2.05, 4.69) is 10.2 Å². The van der Waals surface area contributed by atoms with Crippen molar-refractivity contribution in [2.45, 2.75) is 6.42 Å². The molecule has 0 aliphatic carbocycles. The number of hydrogen-bond acceptors (Lipinski definition) is 4. The first-order valence-corrected chi connectivity index (χ1v) is 4.79. The highest BCUT2D eigenvalue weighted by Gasteiger charge is 2.09. The molecule has 0 aliphatic heterocycles. The van der Waals surface area contributed by atoms with Crippen molar-refractivity contribution in [3.05, 3.63) is 46.6 Å². The minimum absolute atomic E-state index is 0.0409. The Hall–Kier alpha value is -1.75. The van der Waals surface area contributed by atoms with E-state index in [0.29, 0.717) is 11.5 Å². The molecule has 0 fully saturated rings. The van der Waals surface area contributed by atoms with Gasteiger partial charge in [-0.3, -0.25) is 4.79 Å². The molecule has 5 heteroatoms. The Morgan fingerprint density at radius 2 is 2.13 bits per heavy atom. The number of carbonyl (C=O) groups is 1. The zero-order valence-electron chi connectivity index (χ0n) is 7.77. The van der Waals surface area contributed by atoms with E-state index in [1.807, 2.05) is 18.2 Å². The van der Waals surface area contributed by atoms with Crippen LogP contribution in [0.3, 0.4) is 0 Å². The Morgan fingerprint density at radius 3 is 2.73 bits per heavy atom. The van der Waals surface area contributed by atoms with Crippen molar-refractivity contribution in [3.8, 4) is 0 Å². The van der Waals surface area contributed by atoms with Crippen molar-refractivity contribution in [1.29, 1.82) is 0 Å². The summed E-state index contributed by atoms with van der Waals surface area (Å²) in [6.07, 6.45) is 0.122. The molecule has 0 aliphatic rings. The van der Waals surface area contributed by atoms with Crippen LogP contribution in [0.15, 0.2) is 34.7 Å². The molecule has 76 valence electrons. The van der Waals surface area contributed by atoms with Crippen LogP contribution in [0.1, 0.15) is 16.2 Å². The number of ketones is 1. The molecule has 0 atom stereocenters. The summed E-state index contributed by atoms with van der Waals surface area (Å²) in [5.74, 6) is 0.273. The lowest BCUT2D eigenvalue weighted by Gasteiger charge is -1.95. The molecular weight excluding hydrogens is 212 g/mol. The molecule has 0 amide bonds. The fourth-order valence-electron chi connectivity index (χ4n) is 1.20. The highest BCUT2D eigenvalue weighted by Crippen LogP contribution is 2.05. The van der Waals surface area contributed by atoms with Crippen LogP contribution < -0.4 is 0 Å². The number of carbonyl (C=O) groups excluding carboxylic acids is 1. The van der Waals surface area contributed by atoms with Gasteiger partial charge in [0, 0.05) is 5.56 Å². The summed E-state index contributed by atoms with van der Waals surface area (Å²) < 4.78 is 5.00. The standard InChI is InChI=1S/C10H8N2O2S/c13-8(7-4-2-1-3-5-7)6-9-11-12-10(15)14-9/h1-5H,6H2,(H,12,15). The monoisotopic (exact) mass is 220 g/mol. The van der Waals surface area contributed by atoms with Gasteiger partial charge in [0.1, 0.15) is 0 Å². The molecule has 0 saturated heterocycles. The van der Waals surface area contributed by atoms with Crippen molar-refractivity contribution >= 4 is 18.0 Å². The zero-order chi connectivity index (χ0) is 10.7. The van der Waals surface area contributed by atoms with Crippen molar-refractivity contribution in [2.75, 3.05) is 0 Å². The fourth-order valence-corrected chi connectivity index (χ4v) is 1.34. The van der Waals surface area contributed by atoms with Gasteiger partial charge >= 0.3 is 0 Å². The number of nitrogens with one attached hydrogen (secondary N) is 1. The third-order valence-corrected chi connectivity index (χ3v) is 2.06. The molecule has 1 aromatic heterocycles. The summed E-state index contributed by atoms with van der Waals surface area (Å²) in [4.78, 5) is 11.9. The van der Waals surface area contributed by atoms with Gasteiger partial charge in [0.05, 0.1) is 6.42 Å². The second-order valence-electron chi connectivity index (χ2n) is 2.97. The summed E-state index contributed by atoms with van der Waals surface area (Å²) in [6, 6.07) is 8.99. The summed E-state index contributed by atoms with van der Waals surface area (Å²) in [7, 11) is 0. The van der Waals surface area contributed by atoms with Gasteiger partial charge in [0.2, 0.25) is 5.89 Å². The first kappa shape index (κ1) is 9.79. The van der Waals surface area contributed by atoms with Crippen LogP contribution in [-0.4, -0.2) is 16.0 Å². The maximum Gasteiger partial charge on any atom is 0.284 e. The average molecular weight is 220 g/mol. The molecular formula is C10H8N2O2S. The molecule has 1 aromatic carbocycles. The maximum absolute atomic E-state index is 11.7. The zero-order valence-corrected chi connectivity index (χ0v) is 8.58. The van der Waals surface area contributed by atoms with Gasteiger partial charge in [0.15, 0.2) is 5.78 Å². The van der Waals surface area contributed by atoms with Crippen molar-refractivity contribution < 1.29 is 9.21 Å². The predicted molar refractivity (Wildman–Crippen MR) is 56.2 cm³/mol. The van der Waals surface area contributed by atoms with E-state index < -0.39 is 0 Å². The van der Waals surface area contributed by atoms with Gasteiger partial charge in [0.25, 0.3) is 4.84 Å². The van der Waals surface area contributed by atoms with Crippen LogP contribution in [0.25, 0.3) is 0 Å². The number of hydrogen-bond donors (Lipinski definition) is 1. The predicted octanol–water partition coefficient (Wildman–Crippen LogP) is 2.16.